The molecule has 0 bridgehead atoms. The molecular weight excluding hydrogens is 218 g/mol. The highest BCUT2D eigenvalue weighted by Gasteiger charge is 2.43. The van der Waals surface area contributed by atoms with Gasteiger partial charge in [-0.3, -0.25) is 9.59 Å². The fraction of sp³-hybridized carbons (Fsp3) is 0.385. The lowest BCUT2D eigenvalue weighted by Crippen LogP contribution is -2.51. The third-order valence-corrected chi connectivity index (χ3v) is 3.35. The number of hydrogen-bond acceptors (Lipinski definition) is 2. The van der Waals surface area contributed by atoms with E-state index in [4.69, 9.17) is 0 Å². The molecular formula is C13H15NO3. The second kappa shape index (κ2) is 4.20. The smallest absolute Gasteiger partial charge is 0.315 e. The van der Waals surface area contributed by atoms with Crippen LogP contribution in [0.1, 0.15) is 24.0 Å². The molecule has 0 spiro atoms. The standard InChI is InChI=1S/C13H15NO3/c1-9-3-2-4-10(7-9)13(12(16)17)6-5-11(15)14-8-13/h2-4,7H,5-6,8H2,1H3,(H,14,15)(H,16,17)/t13-/m1/s1. The number of aryl methyl sites for hydroxylation is 1. The Morgan fingerprint density at radius 3 is 2.76 bits per heavy atom. The Hall–Kier alpha value is -1.84. The molecule has 0 aromatic heterocycles. The van der Waals surface area contributed by atoms with E-state index in [0.717, 1.165) is 11.1 Å². The van der Waals surface area contributed by atoms with Crippen LogP contribution in [0.3, 0.4) is 0 Å². The number of carbonyl (C=O) groups is 2. The molecule has 0 saturated carbocycles. The minimum atomic E-state index is -0.972. The van der Waals surface area contributed by atoms with Crippen molar-refractivity contribution in [2.75, 3.05) is 6.54 Å². The Bertz CT molecular complexity index is 457. The number of carboxylic acids is 1. The topological polar surface area (TPSA) is 66.4 Å². The molecule has 1 aromatic carbocycles. The van der Waals surface area contributed by atoms with Gasteiger partial charge in [0.05, 0.1) is 0 Å². The maximum absolute atomic E-state index is 11.5. The number of benzene rings is 1. The second-order valence-corrected chi connectivity index (χ2v) is 4.53. The predicted octanol–water partition coefficient (Wildman–Crippen LogP) is 1.23. The van der Waals surface area contributed by atoms with E-state index >= 15 is 0 Å². The third kappa shape index (κ3) is 2.02. The van der Waals surface area contributed by atoms with Crippen molar-refractivity contribution in [2.24, 2.45) is 0 Å². The Morgan fingerprint density at radius 2 is 2.24 bits per heavy atom. The lowest BCUT2D eigenvalue weighted by molar-refractivity contribution is -0.145. The van der Waals surface area contributed by atoms with Gasteiger partial charge < -0.3 is 10.4 Å². The van der Waals surface area contributed by atoms with Crippen molar-refractivity contribution < 1.29 is 14.7 Å². The van der Waals surface area contributed by atoms with Crippen molar-refractivity contribution in [1.82, 2.24) is 5.32 Å². The predicted molar refractivity (Wildman–Crippen MR) is 62.7 cm³/mol. The van der Waals surface area contributed by atoms with Crippen LogP contribution in [0.4, 0.5) is 0 Å². The fourth-order valence-corrected chi connectivity index (χ4v) is 2.25. The summed E-state index contributed by atoms with van der Waals surface area (Å²) in [7, 11) is 0. The van der Waals surface area contributed by atoms with Crippen molar-refractivity contribution in [3.63, 3.8) is 0 Å². The third-order valence-electron chi connectivity index (χ3n) is 3.35. The van der Waals surface area contributed by atoms with E-state index < -0.39 is 11.4 Å². The average molecular weight is 233 g/mol. The van der Waals surface area contributed by atoms with Gasteiger partial charge in [-0.05, 0) is 18.9 Å². The van der Waals surface area contributed by atoms with Gasteiger partial charge in [-0.1, -0.05) is 29.8 Å². The summed E-state index contributed by atoms with van der Waals surface area (Å²) in [5.41, 5.74) is 0.824. The Morgan fingerprint density at radius 1 is 1.47 bits per heavy atom. The van der Waals surface area contributed by atoms with Crippen LogP contribution in [0.5, 0.6) is 0 Å². The second-order valence-electron chi connectivity index (χ2n) is 4.53. The van der Waals surface area contributed by atoms with E-state index in [9.17, 15) is 14.7 Å². The van der Waals surface area contributed by atoms with Gasteiger partial charge >= 0.3 is 5.97 Å². The summed E-state index contributed by atoms with van der Waals surface area (Å²) in [4.78, 5) is 22.7. The molecule has 1 aliphatic rings. The zero-order valence-corrected chi connectivity index (χ0v) is 9.69. The molecule has 2 N–H and O–H groups in total. The molecule has 17 heavy (non-hydrogen) atoms. The van der Waals surface area contributed by atoms with Gasteiger partial charge in [-0.25, -0.2) is 0 Å². The first kappa shape index (κ1) is 11.6. The molecule has 1 aliphatic heterocycles. The van der Waals surface area contributed by atoms with Crippen molar-refractivity contribution in [3.05, 3.63) is 35.4 Å². The number of rotatable bonds is 2. The summed E-state index contributed by atoms with van der Waals surface area (Å²) in [5, 5.41) is 12.1. The maximum Gasteiger partial charge on any atom is 0.315 e. The molecule has 1 heterocycles. The summed E-state index contributed by atoms with van der Waals surface area (Å²) in [6, 6.07) is 7.48. The molecule has 1 fully saturated rings. The number of carbonyl (C=O) groups excluding carboxylic acids is 1. The van der Waals surface area contributed by atoms with Gasteiger partial charge in [0.2, 0.25) is 5.91 Å². The zero-order chi connectivity index (χ0) is 12.5. The maximum atomic E-state index is 11.5. The summed E-state index contributed by atoms with van der Waals surface area (Å²) in [6.45, 7) is 2.10. The highest BCUT2D eigenvalue weighted by molar-refractivity contribution is 5.87. The molecule has 1 amide bonds. The Kier molecular flexibility index (Phi) is 2.88. The summed E-state index contributed by atoms with van der Waals surface area (Å²) < 4.78 is 0. The lowest BCUT2D eigenvalue weighted by atomic mass is 9.74. The van der Waals surface area contributed by atoms with E-state index in [1.807, 2.05) is 31.2 Å². The van der Waals surface area contributed by atoms with Crippen LogP contribution in [-0.2, 0) is 15.0 Å². The van der Waals surface area contributed by atoms with Crippen LogP contribution >= 0.6 is 0 Å². The van der Waals surface area contributed by atoms with Crippen molar-refractivity contribution in [3.8, 4) is 0 Å². The summed E-state index contributed by atoms with van der Waals surface area (Å²) >= 11 is 0. The first-order chi connectivity index (χ1) is 8.04. The van der Waals surface area contributed by atoms with Crippen LogP contribution < -0.4 is 5.32 Å². The van der Waals surface area contributed by atoms with Crippen molar-refractivity contribution in [2.45, 2.75) is 25.2 Å². The number of piperidine rings is 1. The molecule has 2 rings (SSSR count). The SMILES string of the molecule is Cc1cccc([C@@]2(C(=O)O)CCC(=O)NC2)c1. The number of hydrogen-bond donors (Lipinski definition) is 2. The minimum Gasteiger partial charge on any atom is -0.481 e. The molecule has 0 radical (unpaired) electrons. The highest BCUT2D eigenvalue weighted by Crippen LogP contribution is 2.32. The van der Waals surface area contributed by atoms with Crippen molar-refractivity contribution >= 4 is 11.9 Å². The Labute approximate surface area is 99.6 Å². The van der Waals surface area contributed by atoms with Gasteiger partial charge in [0, 0.05) is 13.0 Å². The van der Waals surface area contributed by atoms with Crippen LogP contribution in [0.25, 0.3) is 0 Å². The first-order valence-corrected chi connectivity index (χ1v) is 5.62. The van der Waals surface area contributed by atoms with Gasteiger partial charge in [0.15, 0.2) is 0 Å². The van der Waals surface area contributed by atoms with E-state index in [1.165, 1.54) is 0 Å². The average Bonchev–Trinajstić information content (AvgIpc) is 2.30. The lowest BCUT2D eigenvalue weighted by Gasteiger charge is -2.33. The van der Waals surface area contributed by atoms with Crippen LogP contribution in [-0.4, -0.2) is 23.5 Å². The summed E-state index contributed by atoms with van der Waals surface area (Å²) in [6.07, 6.45) is 0.623. The molecule has 0 aliphatic carbocycles. The molecule has 90 valence electrons. The number of aliphatic carboxylic acids is 1. The minimum absolute atomic E-state index is 0.0745. The molecule has 0 unspecified atom stereocenters. The highest BCUT2D eigenvalue weighted by atomic mass is 16.4. The van der Waals surface area contributed by atoms with Gasteiger partial charge in [0.1, 0.15) is 5.41 Å². The zero-order valence-electron chi connectivity index (χ0n) is 9.69. The molecule has 4 nitrogen and oxygen atoms in total. The quantitative estimate of drug-likeness (QED) is 0.807. The van der Waals surface area contributed by atoms with Gasteiger partial charge in [0.25, 0.3) is 0 Å². The van der Waals surface area contributed by atoms with E-state index in [-0.39, 0.29) is 18.9 Å². The van der Waals surface area contributed by atoms with Crippen molar-refractivity contribution in [1.29, 1.82) is 0 Å². The first-order valence-electron chi connectivity index (χ1n) is 5.62. The van der Waals surface area contributed by atoms with Gasteiger partial charge in [-0.15, -0.1) is 0 Å². The van der Waals surface area contributed by atoms with Crippen LogP contribution in [0.15, 0.2) is 24.3 Å². The van der Waals surface area contributed by atoms with Crippen LogP contribution in [0.2, 0.25) is 0 Å². The van der Waals surface area contributed by atoms with Gasteiger partial charge in [-0.2, -0.15) is 0 Å². The number of amides is 1. The van der Waals surface area contributed by atoms with E-state index in [2.05, 4.69) is 5.32 Å². The monoisotopic (exact) mass is 233 g/mol. The molecule has 1 aromatic rings. The van der Waals surface area contributed by atoms with E-state index in [1.54, 1.807) is 0 Å². The Balaban J connectivity index is 2.41. The number of carboxylic acid groups (broad SMARTS) is 1. The normalized spacial score (nSPS) is 24.2. The molecule has 1 saturated heterocycles. The fourth-order valence-electron chi connectivity index (χ4n) is 2.25. The number of nitrogens with one attached hydrogen (secondary N) is 1. The summed E-state index contributed by atoms with van der Waals surface area (Å²) in [5.74, 6) is -0.947. The van der Waals surface area contributed by atoms with Crippen LogP contribution in [0, 0.1) is 6.92 Å². The molecule has 4 heteroatoms. The van der Waals surface area contributed by atoms with E-state index in [0.29, 0.717) is 6.42 Å². The largest absolute Gasteiger partial charge is 0.481 e. The molecule has 1 atom stereocenters.